The monoisotopic (exact) mass is 412 g/mol. The van der Waals surface area contributed by atoms with Gasteiger partial charge in [0.1, 0.15) is 0 Å². The van der Waals surface area contributed by atoms with E-state index in [2.05, 4.69) is 12.2 Å². The number of thioether (sulfide) groups is 1. The average molecular weight is 413 g/mol. The van der Waals surface area contributed by atoms with E-state index < -0.39 is 5.97 Å². The first-order valence-electron chi connectivity index (χ1n) is 9.50. The van der Waals surface area contributed by atoms with Gasteiger partial charge in [-0.05, 0) is 36.2 Å². The maximum atomic E-state index is 12.7. The number of benzene rings is 2. The van der Waals surface area contributed by atoms with Crippen molar-refractivity contribution in [3.8, 4) is 0 Å². The van der Waals surface area contributed by atoms with Crippen LogP contribution in [0, 0.1) is 0 Å². The van der Waals surface area contributed by atoms with Crippen LogP contribution in [0.5, 0.6) is 0 Å². The van der Waals surface area contributed by atoms with Crippen LogP contribution in [0.2, 0.25) is 0 Å². The maximum absolute atomic E-state index is 12.7. The van der Waals surface area contributed by atoms with Crippen molar-refractivity contribution < 1.29 is 19.1 Å². The summed E-state index contributed by atoms with van der Waals surface area (Å²) in [6.07, 6.45) is 0.941. The molecule has 1 heterocycles. The summed E-state index contributed by atoms with van der Waals surface area (Å²) in [5.74, 6) is -0.837. The molecule has 2 aromatic rings. The lowest BCUT2D eigenvalue weighted by Crippen LogP contribution is -2.36. The van der Waals surface area contributed by atoms with Crippen molar-refractivity contribution >= 4 is 40.9 Å². The minimum atomic E-state index is -0.462. The fourth-order valence-electron chi connectivity index (χ4n) is 3.09. The summed E-state index contributed by atoms with van der Waals surface area (Å²) in [4.78, 5) is 38.7. The van der Waals surface area contributed by atoms with Crippen molar-refractivity contribution in [2.45, 2.75) is 36.8 Å². The summed E-state index contributed by atoms with van der Waals surface area (Å²) in [6.45, 7) is 3.90. The molecule has 2 aromatic carbocycles. The lowest BCUT2D eigenvalue weighted by Gasteiger charge is -2.22. The Morgan fingerprint density at radius 1 is 1.14 bits per heavy atom. The van der Waals surface area contributed by atoms with Crippen molar-refractivity contribution in [2.75, 3.05) is 23.4 Å². The number of nitrogens with zero attached hydrogens (tertiary/aromatic N) is 1. The van der Waals surface area contributed by atoms with Crippen molar-refractivity contribution in [2.24, 2.45) is 0 Å². The highest BCUT2D eigenvalue weighted by Crippen LogP contribution is 2.37. The van der Waals surface area contributed by atoms with E-state index in [0.717, 1.165) is 22.6 Å². The van der Waals surface area contributed by atoms with E-state index in [9.17, 15) is 14.4 Å². The highest BCUT2D eigenvalue weighted by molar-refractivity contribution is 8.00. The van der Waals surface area contributed by atoms with Crippen LogP contribution in [0.4, 0.5) is 11.4 Å². The molecule has 0 aliphatic carbocycles. The summed E-state index contributed by atoms with van der Waals surface area (Å²) in [5, 5.41) is 3.08. The second-order valence-corrected chi connectivity index (χ2v) is 8.43. The number of ether oxygens (including phenoxy) is 1. The molecule has 2 amide bonds. The first-order chi connectivity index (χ1) is 13.9. The highest BCUT2D eigenvalue weighted by Gasteiger charge is 2.24. The third-order valence-corrected chi connectivity index (χ3v) is 5.76. The molecule has 6 nitrogen and oxygen atoms in total. The van der Waals surface area contributed by atoms with E-state index in [4.69, 9.17) is 4.74 Å². The summed E-state index contributed by atoms with van der Waals surface area (Å²) < 4.78 is 5.23. The molecular formula is C22H24N2O4S. The van der Waals surface area contributed by atoms with Gasteiger partial charge < -0.3 is 15.0 Å². The molecule has 7 heteroatoms. The van der Waals surface area contributed by atoms with Crippen molar-refractivity contribution in [3.05, 3.63) is 54.1 Å². The second-order valence-electron chi connectivity index (χ2n) is 6.95. The molecule has 0 radical (unpaired) electrons. The Labute approximate surface area is 174 Å². The van der Waals surface area contributed by atoms with Crippen molar-refractivity contribution in [1.82, 2.24) is 0 Å². The van der Waals surface area contributed by atoms with Gasteiger partial charge in [0.05, 0.1) is 12.1 Å². The maximum Gasteiger partial charge on any atom is 0.310 e. The molecule has 0 fully saturated rings. The molecular weight excluding hydrogens is 388 g/mol. The molecule has 152 valence electrons. The van der Waals surface area contributed by atoms with Gasteiger partial charge in [0.25, 0.3) is 5.91 Å². The Balaban J connectivity index is 1.56. The zero-order valence-corrected chi connectivity index (χ0v) is 17.3. The first kappa shape index (κ1) is 20.9. The summed E-state index contributed by atoms with van der Waals surface area (Å²) in [5.41, 5.74) is 2.29. The number of carbonyl (C=O) groups excluding carboxylic acids is 3. The van der Waals surface area contributed by atoms with Crippen LogP contribution in [-0.2, 0) is 25.5 Å². The van der Waals surface area contributed by atoms with Crippen molar-refractivity contribution in [1.29, 1.82) is 0 Å². The van der Waals surface area contributed by atoms with E-state index in [-0.39, 0.29) is 24.8 Å². The number of esters is 1. The van der Waals surface area contributed by atoms with Crippen molar-refractivity contribution in [3.63, 3.8) is 0 Å². The Morgan fingerprint density at radius 2 is 1.86 bits per heavy atom. The molecule has 1 atom stereocenters. The smallest absolute Gasteiger partial charge is 0.310 e. The van der Waals surface area contributed by atoms with Gasteiger partial charge in [-0.15, -0.1) is 11.8 Å². The third-order valence-electron chi connectivity index (χ3n) is 4.52. The predicted octanol–water partition coefficient (Wildman–Crippen LogP) is 3.65. The molecule has 0 spiro atoms. The minimum Gasteiger partial charge on any atom is -0.455 e. The minimum absolute atomic E-state index is 0.0666. The molecule has 0 saturated carbocycles. The molecule has 29 heavy (non-hydrogen) atoms. The predicted molar refractivity (Wildman–Crippen MR) is 114 cm³/mol. The molecule has 0 bridgehead atoms. The van der Waals surface area contributed by atoms with E-state index in [0.29, 0.717) is 17.5 Å². The Bertz CT molecular complexity index is 898. The van der Waals surface area contributed by atoms with Crippen LogP contribution in [0.3, 0.4) is 0 Å². The summed E-state index contributed by atoms with van der Waals surface area (Å²) in [7, 11) is 0. The average Bonchev–Trinajstić information content (AvgIpc) is 2.85. The van der Waals surface area contributed by atoms with Crippen LogP contribution < -0.4 is 10.2 Å². The van der Waals surface area contributed by atoms with Gasteiger partial charge >= 0.3 is 5.97 Å². The molecule has 0 saturated heterocycles. The summed E-state index contributed by atoms with van der Waals surface area (Å²) >= 11 is 1.76. The third kappa shape index (κ3) is 5.84. The molecule has 0 aromatic heterocycles. The zero-order chi connectivity index (χ0) is 20.8. The van der Waals surface area contributed by atoms with Crippen LogP contribution in [-0.4, -0.2) is 36.2 Å². The number of para-hydroxylation sites is 1. The van der Waals surface area contributed by atoms with Gasteiger partial charge in [0.15, 0.2) is 6.61 Å². The molecule has 1 aliphatic rings. The number of hydrogen-bond acceptors (Lipinski definition) is 5. The van der Waals surface area contributed by atoms with Gasteiger partial charge in [-0.2, -0.15) is 0 Å². The first-order valence-corrected chi connectivity index (χ1v) is 10.4. The Kier molecular flexibility index (Phi) is 6.93. The van der Waals surface area contributed by atoms with Gasteiger partial charge in [-0.25, -0.2) is 0 Å². The molecule has 1 N–H and O–H groups in total. The van der Waals surface area contributed by atoms with Gasteiger partial charge in [0, 0.05) is 29.3 Å². The second kappa shape index (κ2) is 9.60. The highest BCUT2D eigenvalue weighted by atomic mass is 32.2. The van der Waals surface area contributed by atoms with Crippen LogP contribution in [0.15, 0.2) is 53.4 Å². The van der Waals surface area contributed by atoms with Crippen LogP contribution >= 0.6 is 11.8 Å². The quantitative estimate of drug-likeness (QED) is 0.759. The zero-order valence-electron chi connectivity index (χ0n) is 16.5. The lowest BCUT2D eigenvalue weighted by molar-refractivity contribution is -0.147. The Morgan fingerprint density at radius 3 is 2.59 bits per heavy atom. The number of anilines is 2. The number of carbonyl (C=O) groups is 3. The molecule has 0 unspecified atom stereocenters. The SMILES string of the molecule is CC(=O)Nc1ccc(CC(=O)OCC(=O)N2CC[C@@H](C)Sc3ccccc32)cc1. The van der Waals surface area contributed by atoms with Gasteiger partial charge in [-0.1, -0.05) is 31.2 Å². The van der Waals surface area contributed by atoms with E-state index in [1.54, 1.807) is 40.9 Å². The standard InChI is InChI=1S/C22H24N2O4S/c1-15-11-12-24(19-5-3-4-6-20(19)29-15)21(26)14-28-22(27)13-17-7-9-18(10-8-17)23-16(2)25/h3-10,15H,11-14H2,1-2H3,(H,23,25)/t15-/m1/s1. The van der Waals surface area contributed by atoms with E-state index >= 15 is 0 Å². The van der Waals surface area contributed by atoms with E-state index in [1.165, 1.54) is 6.92 Å². The Hall–Kier alpha value is -2.80. The normalized spacial score (nSPS) is 15.8. The van der Waals surface area contributed by atoms with Crippen LogP contribution in [0.1, 0.15) is 25.8 Å². The number of amides is 2. The number of nitrogens with one attached hydrogen (secondary N) is 1. The fraction of sp³-hybridized carbons (Fsp3) is 0.318. The topological polar surface area (TPSA) is 75.7 Å². The lowest BCUT2D eigenvalue weighted by atomic mass is 10.1. The van der Waals surface area contributed by atoms with E-state index in [1.807, 2.05) is 24.3 Å². The largest absolute Gasteiger partial charge is 0.455 e. The molecule has 1 aliphatic heterocycles. The summed E-state index contributed by atoms with van der Waals surface area (Å²) in [6, 6.07) is 14.8. The van der Waals surface area contributed by atoms with Gasteiger partial charge in [0.2, 0.25) is 5.91 Å². The molecule has 3 rings (SSSR count). The number of rotatable bonds is 5. The number of fused-ring (bicyclic) bond motifs is 1. The van der Waals surface area contributed by atoms with Gasteiger partial charge in [-0.3, -0.25) is 14.4 Å². The fourth-order valence-corrected chi connectivity index (χ4v) is 4.21. The number of hydrogen-bond donors (Lipinski definition) is 1. The van der Waals surface area contributed by atoms with Crippen LogP contribution in [0.25, 0.3) is 0 Å².